The molecule has 1 rings (SSSR count). The lowest BCUT2D eigenvalue weighted by molar-refractivity contribution is 0.0462. The molecule has 0 unspecified atom stereocenters. The summed E-state index contributed by atoms with van der Waals surface area (Å²) in [6.45, 7) is 3.57. The normalized spacial score (nSPS) is 10.4. The van der Waals surface area contributed by atoms with Gasteiger partial charge < -0.3 is 24.7 Å². The number of ether oxygens (including phenoxy) is 4. The molecule has 108 valence electrons. The molecule has 0 aromatic heterocycles. The Morgan fingerprint density at radius 1 is 0.895 bits per heavy atom. The number of hydrogen-bond donors (Lipinski definition) is 1. The van der Waals surface area contributed by atoms with Gasteiger partial charge in [-0.25, -0.2) is 0 Å². The maximum atomic E-state index is 5.62. The van der Waals surface area contributed by atoms with Gasteiger partial charge in [0.05, 0.1) is 33.5 Å². The molecule has 0 heterocycles. The van der Waals surface area contributed by atoms with Crippen LogP contribution in [0, 0.1) is 0 Å². The fraction of sp³-hybridized carbons (Fsp3) is 0.571. The van der Waals surface area contributed by atoms with E-state index in [0.29, 0.717) is 39.6 Å². The van der Waals surface area contributed by atoms with E-state index in [0.717, 1.165) is 17.9 Å². The molecule has 0 amide bonds. The number of methoxy groups -OCH3 is 1. The molecule has 5 heteroatoms. The molecule has 0 spiro atoms. The van der Waals surface area contributed by atoms with E-state index in [-0.39, 0.29) is 0 Å². The topological polar surface area (TPSA) is 62.9 Å². The van der Waals surface area contributed by atoms with Crippen molar-refractivity contribution in [2.75, 3.05) is 46.7 Å². The van der Waals surface area contributed by atoms with Crippen molar-refractivity contribution in [2.45, 2.75) is 6.42 Å². The second-order valence-corrected chi connectivity index (χ2v) is 3.87. The van der Waals surface area contributed by atoms with E-state index in [4.69, 9.17) is 24.7 Å². The lowest BCUT2D eigenvalue weighted by Gasteiger charge is -2.10. The van der Waals surface area contributed by atoms with Gasteiger partial charge in [-0.1, -0.05) is 12.1 Å². The predicted molar refractivity (Wildman–Crippen MR) is 73.8 cm³/mol. The van der Waals surface area contributed by atoms with Gasteiger partial charge in [0.2, 0.25) is 0 Å². The molecule has 0 aliphatic heterocycles. The van der Waals surface area contributed by atoms with Crippen LogP contribution < -0.4 is 15.2 Å². The zero-order valence-electron chi connectivity index (χ0n) is 11.5. The minimum absolute atomic E-state index is 0.548. The molecule has 0 saturated heterocycles. The van der Waals surface area contributed by atoms with Crippen LogP contribution in [0.2, 0.25) is 0 Å². The number of benzene rings is 1. The third-order valence-electron chi connectivity index (χ3n) is 2.39. The van der Waals surface area contributed by atoms with Crippen molar-refractivity contribution in [1.29, 1.82) is 0 Å². The molecule has 19 heavy (non-hydrogen) atoms. The summed E-state index contributed by atoms with van der Waals surface area (Å²) in [5, 5.41) is 0. The van der Waals surface area contributed by atoms with Gasteiger partial charge in [-0.15, -0.1) is 0 Å². The Morgan fingerprint density at radius 2 is 1.58 bits per heavy atom. The first kappa shape index (κ1) is 15.8. The fourth-order valence-corrected chi connectivity index (χ4v) is 1.49. The maximum Gasteiger partial charge on any atom is 0.161 e. The Kier molecular flexibility index (Phi) is 8.80. The second-order valence-electron chi connectivity index (χ2n) is 3.87. The highest BCUT2D eigenvalue weighted by Gasteiger charge is 2.01. The smallest absolute Gasteiger partial charge is 0.161 e. The first-order valence-corrected chi connectivity index (χ1v) is 6.50. The Balaban J connectivity index is 2.01. The molecule has 1 aromatic rings. The summed E-state index contributed by atoms with van der Waals surface area (Å²) >= 11 is 0. The van der Waals surface area contributed by atoms with E-state index in [1.165, 1.54) is 0 Å². The zero-order chi connectivity index (χ0) is 13.8. The molecule has 0 aliphatic carbocycles. The fourth-order valence-electron chi connectivity index (χ4n) is 1.49. The van der Waals surface area contributed by atoms with Crippen LogP contribution in [0.5, 0.6) is 11.5 Å². The molecular formula is C14H23NO4. The Hall–Kier alpha value is -1.30. The van der Waals surface area contributed by atoms with Crippen molar-refractivity contribution in [3.05, 3.63) is 24.3 Å². The summed E-state index contributed by atoms with van der Waals surface area (Å²) in [5.74, 6) is 1.51. The molecule has 0 fully saturated rings. The SMILES string of the molecule is COc1ccccc1OCCCOCCOCCN. The third-order valence-corrected chi connectivity index (χ3v) is 2.39. The monoisotopic (exact) mass is 269 g/mol. The second kappa shape index (κ2) is 10.6. The summed E-state index contributed by atoms with van der Waals surface area (Å²) in [4.78, 5) is 0. The van der Waals surface area contributed by atoms with Crippen molar-refractivity contribution >= 4 is 0 Å². The van der Waals surface area contributed by atoms with Gasteiger partial charge in [0.25, 0.3) is 0 Å². The number of para-hydroxylation sites is 2. The van der Waals surface area contributed by atoms with Gasteiger partial charge in [0, 0.05) is 19.6 Å². The van der Waals surface area contributed by atoms with Gasteiger partial charge in [-0.2, -0.15) is 0 Å². The molecule has 0 atom stereocenters. The number of hydrogen-bond acceptors (Lipinski definition) is 5. The van der Waals surface area contributed by atoms with Gasteiger partial charge in [0.15, 0.2) is 11.5 Å². The van der Waals surface area contributed by atoms with Crippen LogP contribution in [-0.4, -0.2) is 46.7 Å². The molecular weight excluding hydrogens is 246 g/mol. The Labute approximate surface area is 114 Å². The minimum Gasteiger partial charge on any atom is -0.493 e. The van der Waals surface area contributed by atoms with Crippen molar-refractivity contribution in [2.24, 2.45) is 5.73 Å². The number of rotatable bonds is 11. The van der Waals surface area contributed by atoms with Crippen LogP contribution in [0.3, 0.4) is 0 Å². The van der Waals surface area contributed by atoms with E-state index < -0.39 is 0 Å². The minimum atomic E-state index is 0.548. The summed E-state index contributed by atoms with van der Waals surface area (Å²) in [5.41, 5.74) is 5.30. The highest BCUT2D eigenvalue weighted by Crippen LogP contribution is 2.25. The summed E-state index contributed by atoms with van der Waals surface area (Å²) < 4.78 is 21.4. The summed E-state index contributed by atoms with van der Waals surface area (Å²) in [6.07, 6.45) is 0.828. The van der Waals surface area contributed by atoms with Crippen LogP contribution in [0.25, 0.3) is 0 Å². The third kappa shape index (κ3) is 7.00. The van der Waals surface area contributed by atoms with Crippen LogP contribution in [0.1, 0.15) is 6.42 Å². The molecule has 5 nitrogen and oxygen atoms in total. The zero-order valence-corrected chi connectivity index (χ0v) is 11.5. The first-order chi connectivity index (χ1) is 9.38. The largest absolute Gasteiger partial charge is 0.493 e. The molecule has 0 aliphatic rings. The van der Waals surface area contributed by atoms with Crippen LogP contribution in [0.15, 0.2) is 24.3 Å². The predicted octanol–water partition coefficient (Wildman–Crippen LogP) is 1.46. The van der Waals surface area contributed by atoms with Gasteiger partial charge in [-0.05, 0) is 12.1 Å². The van der Waals surface area contributed by atoms with E-state index in [1.807, 2.05) is 24.3 Å². The summed E-state index contributed by atoms with van der Waals surface area (Å²) in [7, 11) is 1.63. The Bertz CT molecular complexity index is 333. The van der Waals surface area contributed by atoms with Gasteiger partial charge in [-0.3, -0.25) is 0 Å². The lowest BCUT2D eigenvalue weighted by Crippen LogP contribution is -2.12. The maximum absolute atomic E-state index is 5.62. The van der Waals surface area contributed by atoms with Gasteiger partial charge in [0.1, 0.15) is 0 Å². The van der Waals surface area contributed by atoms with E-state index in [1.54, 1.807) is 7.11 Å². The van der Waals surface area contributed by atoms with E-state index in [2.05, 4.69) is 0 Å². The van der Waals surface area contributed by atoms with Crippen molar-refractivity contribution in [3.63, 3.8) is 0 Å². The number of nitrogens with two attached hydrogens (primary N) is 1. The van der Waals surface area contributed by atoms with Crippen molar-refractivity contribution < 1.29 is 18.9 Å². The van der Waals surface area contributed by atoms with Crippen LogP contribution in [-0.2, 0) is 9.47 Å². The molecule has 1 aromatic carbocycles. The lowest BCUT2D eigenvalue weighted by atomic mass is 10.3. The quantitative estimate of drug-likeness (QED) is 0.616. The average Bonchev–Trinajstić information content (AvgIpc) is 2.46. The highest BCUT2D eigenvalue weighted by molar-refractivity contribution is 5.39. The van der Waals surface area contributed by atoms with Crippen molar-refractivity contribution in [3.8, 4) is 11.5 Å². The van der Waals surface area contributed by atoms with E-state index >= 15 is 0 Å². The Morgan fingerprint density at radius 3 is 2.26 bits per heavy atom. The van der Waals surface area contributed by atoms with Crippen LogP contribution in [0.4, 0.5) is 0 Å². The summed E-state index contributed by atoms with van der Waals surface area (Å²) in [6, 6.07) is 7.60. The molecule has 0 saturated carbocycles. The van der Waals surface area contributed by atoms with E-state index in [9.17, 15) is 0 Å². The molecule has 2 N–H and O–H groups in total. The van der Waals surface area contributed by atoms with Crippen molar-refractivity contribution in [1.82, 2.24) is 0 Å². The highest BCUT2D eigenvalue weighted by atomic mass is 16.5. The van der Waals surface area contributed by atoms with Gasteiger partial charge >= 0.3 is 0 Å². The van der Waals surface area contributed by atoms with Crippen LogP contribution >= 0.6 is 0 Å². The molecule has 0 radical (unpaired) electrons. The molecule has 0 bridgehead atoms. The standard InChI is InChI=1S/C14H23NO4/c1-16-13-5-2-3-6-14(13)19-9-4-8-17-11-12-18-10-7-15/h2-3,5-6H,4,7-12,15H2,1H3. The average molecular weight is 269 g/mol. The first-order valence-electron chi connectivity index (χ1n) is 6.50.